The first-order valence-corrected chi connectivity index (χ1v) is 4.65. The lowest BCUT2D eigenvalue weighted by Crippen LogP contribution is -2.28. The monoisotopic (exact) mass is 197 g/mol. The summed E-state index contributed by atoms with van der Waals surface area (Å²) in [5.74, 6) is -0.780. The summed E-state index contributed by atoms with van der Waals surface area (Å²) in [6, 6.07) is 0.235. The summed E-state index contributed by atoms with van der Waals surface area (Å²) in [5.41, 5.74) is 0.396. The molecule has 2 N–H and O–H groups in total. The van der Waals surface area contributed by atoms with Crippen LogP contribution in [0.2, 0.25) is 0 Å². The van der Waals surface area contributed by atoms with E-state index >= 15 is 0 Å². The van der Waals surface area contributed by atoms with Crippen molar-refractivity contribution in [3.63, 3.8) is 0 Å². The quantitative estimate of drug-likeness (QED) is 0.661. The summed E-state index contributed by atoms with van der Waals surface area (Å²) in [4.78, 5) is 22.0. The van der Waals surface area contributed by atoms with E-state index < -0.39 is 5.97 Å². The average molecular weight is 197 g/mol. The third kappa shape index (κ3) is 2.34. The van der Waals surface area contributed by atoms with E-state index in [9.17, 15) is 9.59 Å². The zero-order valence-corrected chi connectivity index (χ0v) is 8.63. The summed E-state index contributed by atoms with van der Waals surface area (Å²) < 4.78 is 0. The lowest BCUT2D eigenvalue weighted by Gasteiger charge is -2.05. The van der Waals surface area contributed by atoms with Crippen molar-refractivity contribution in [2.45, 2.75) is 33.2 Å². The highest BCUT2D eigenvalue weighted by Gasteiger charge is 2.34. The van der Waals surface area contributed by atoms with Crippen molar-refractivity contribution in [1.82, 2.24) is 5.32 Å². The number of nitrogens with one attached hydrogen (secondary N) is 1. The lowest BCUT2D eigenvalue weighted by atomic mass is 10.1. The van der Waals surface area contributed by atoms with Crippen LogP contribution in [0.5, 0.6) is 0 Å². The minimum atomic E-state index is -1.04. The van der Waals surface area contributed by atoms with Crippen molar-refractivity contribution < 1.29 is 14.7 Å². The van der Waals surface area contributed by atoms with E-state index in [4.69, 9.17) is 5.11 Å². The van der Waals surface area contributed by atoms with Crippen LogP contribution >= 0.6 is 0 Å². The molecule has 1 saturated carbocycles. The Labute approximate surface area is 83.0 Å². The fourth-order valence-corrected chi connectivity index (χ4v) is 1.13. The molecule has 0 radical (unpaired) electrons. The standard InChI is InChI=1S/C10H15NO3/c1-5-4-8(5)11-9(12)6(2)7(3)10(13)14/h5,8H,4H2,1-3H3,(H,11,12)(H,13,14). The second-order valence-corrected chi connectivity index (χ2v) is 3.85. The van der Waals surface area contributed by atoms with Crippen LogP contribution < -0.4 is 5.32 Å². The van der Waals surface area contributed by atoms with Crippen molar-refractivity contribution in [3.8, 4) is 0 Å². The molecule has 0 bridgehead atoms. The van der Waals surface area contributed by atoms with Gasteiger partial charge in [0.15, 0.2) is 0 Å². The van der Waals surface area contributed by atoms with E-state index in [2.05, 4.69) is 5.32 Å². The van der Waals surface area contributed by atoms with Crippen LogP contribution in [0.4, 0.5) is 0 Å². The third-order valence-corrected chi connectivity index (χ3v) is 2.65. The second-order valence-electron chi connectivity index (χ2n) is 3.85. The Morgan fingerprint density at radius 3 is 2.14 bits per heavy atom. The van der Waals surface area contributed by atoms with Gasteiger partial charge in [-0.25, -0.2) is 4.79 Å². The molecule has 0 aromatic carbocycles. The molecule has 4 heteroatoms. The number of carboxylic acids is 1. The van der Waals surface area contributed by atoms with Crippen molar-refractivity contribution in [2.24, 2.45) is 5.92 Å². The van der Waals surface area contributed by atoms with Gasteiger partial charge in [0.25, 0.3) is 0 Å². The van der Waals surface area contributed by atoms with Crippen LogP contribution in [0.1, 0.15) is 27.2 Å². The molecule has 78 valence electrons. The van der Waals surface area contributed by atoms with Crippen LogP contribution in [0.25, 0.3) is 0 Å². The van der Waals surface area contributed by atoms with Crippen LogP contribution in [0.15, 0.2) is 11.1 Å². The molecule has 4 nitrogen and oxygen atoms in total. The Balaban J connectivity index is 2.60. The highest BCUT2D eigenvalue weighted by Crippen LogP contribution is 2.29. The Hall–Kier alpha value is -1.32. The highest BCUT2D eigenvalue weighted by atomic mass is 16.4. The predicted molar refractivity (Wildman–Crippen MR) is 51.7 cm³/mol. The molecule has 2 unspecified atom stereocenters. The SMILES string of the molecule is CC(C(=O)O)=C(C)C(=O)NC1CC1C. The van der Waals surface area contributed by atoms with Gasteiger partial charge in [0.1, 0.15) is 0 Å². The van der Waals surface area contributed by atoms with Crippen molar-refractivity contribution in [3.05, 3.63) is 11.1 Å². The Kier molecular flexibility index (Phi) is 2.93. The van der Waals surface area contributed by atoms with Gasteiger partial charge in [-0.2, -0.15) is 0 Å². The largest absolute Gasteiger partial charge is 0.478 e. The first-order valence-electron chi connectivity index (χ1n) is 4.65. The number of carbonyl (C=O) groups excluding carboxylic acids is 1. The zero-order chi connectivity index (χ0) is 10.9. The van der Waals surface area contributed by atoms with Gasteiger partial charge >= 0.3 is 5.97 Å². The Morgan fingerprint density at radius 1 is 1.29 bits per heavy atom. The molecule has 1 rings (SSSR count). The van der Waals surface area contributed by atoms with Crippen LogP contribution in [-0.2, 0) is 9.59 Å². The molecule has 0 aromatic heterocycles. The van der Waals surface area contributed by atoms with Gasteiger partial charge in [-0.1, -0.05) is 6.92 Å². The molecule has 0 saturated heterocycles. The Morgan fingerprint density at radius 2 is 1.79 bits per heavy atom. The number of aliphatic carboxylic acids is 1. The van der Waals surface area contributed by atoms with Crippen LogP contribution in [0.3, 0.4) is 0 Å². The van der Waals surface area contributed by atoms with E-state index in [1.807, 2.05) is 6.92 Å². The first-order chi connectivity index (χ1) is 6.43. The van der Waals surface area contributed by atoms with Gasteiger partial charge in [0.2, 0.25) is 5.91 Å². The van der Waals surface area contributed by atoms with E-state index in [0.29, 0.717) is 5.92 Å². The molecular weight excluding hydrogens is 182 g/mol. The summed E-state index contributed by atoms with van der Waals surface area (Å²) >= 11 is 0. The van der Waals surface area contributed by atoms with E-state index in [-0.39, 0.29) is 23.1 Å². The molecule has 14 heavy (non-hydrogen) atoms. The number of hydrogen-bond acceptors (Lipinski definition) is 2. The summed E-state index contributed by atoms with van der Waals surface area (Å²) in [6.07, 6.45) is 0.991. The molecule has 0 aliphatic heterocycles. The molecule has 2 atom stereocenters. The van der Waals surface area contributed by atoms with Crippen molar-refractivity contribution >= 4 is 11.9 Å². The van der Waals surface area contributed by atoms with Crippen molar-refractivity contribution in [1.29, 1.82) is 0 Å². The van der Waals surface area contributed by atoms with Crippen LogP contribution in [-0.4, -0.2) is 23.0 Å². The minimum Gasteiger partial charge on any atom is -0.478 e. The summed E-state index contributed by atoms with van der Waals surface area (Å²) in [5, 5.41) is 11.4. The molecule has 0 heterocycles. The van der Waals surface area contributed by atoms with Gasteiger partial charge in [0, 0.05) is 17.2 Å². The van der Waals surface area contributed by atoms with Crippen LogP contribution in [0, 0.1) is 5.92 Å². The molecule has 0 spiro atoms. The smallest absolute Gasteiger partial charge is 0.331 e. The maximum absolute atomic E-state index is 11.5. The maximum Gasteiger partial charge on any atom is 0.331 e. The molecule has 1 fully saturated rings. The highest BCUT2D eigenvalue weighted by molar-refractivity contribution is 6.01. The predicted octanol–water partition coefficient (Wildman–Crippen LogP) is 0.932. The molecular formula is C10H15NO3. The molecule has 1 aliphatic rings. The zero-order valence-electron chi connectivity index (χ0n) is 8.63. The average Bonchev–Trinajstić information content (AvgIpc) is 2.78. The summed E-state index contributed by atoms with van der Waals surface area (Å²) in [6.45, 7) is 5.02. The normalized spacial score (nSPS) is 26.5. The van der Waals surface area contributed by atoms with Crippen molar-refractivity contribution in [2.75, 3.05) is 0 Å². The maximum atomic E-state index is 11.5. The van der Waals surface area contributed by atoms with Gasteiger partial charge < -0.3 is 10.4 Å². The molecule has 0 aromatic rings. The number of carbonyl (C=O) groups is 2. The number of amides is 1. The lowest BCUT2D eigenvalue weighted by molar-refractivity contribution is -0.133. The van der Waals surface area contributed by atoms with E-state index in [1.165, 1.54) is 13.8 Å². The topological polar surface area (TPSA) is 66.4 Å². The number of carboxylic acid groups (broad SMARTS) is 1. The fraction of sp³-hybridized carbons (Fsp3) is 0.600. The number of hydrogen-bond donors (Lipinski definition) is 2. The summed E-state index contributed by atoms with van der Waals surface area (Å²) in [7, 11) is 0. The molecule has 1 amide bonds. The Bertz CT molecular complexity index is 306. The third-order valence-electron chi connectivity index (χ3n) is 2.65. The van der Waals surface area contributed by atoms with Gasteiger partial charge in [-0.05, 0) is 26.2 Å². The first kappa shape index (κ1) is 10.8. The van der Waals surface area contributed by atoms with Gasteiger partial charge in [0.05, 0.1) is 0 Å². The van der Waals surface area contributed by atoms with E-state index in [1.54, 1.807) is 0 Å². The second kappa shape index (κ2) is 3.82. The minimum absolute atomic E-state index is 0.107. The fourth-order valence-electron chi connectivity index (χ4n) is 1.13. The molecule has 1 aliphatic carbocycles. The van der Waals surface area contributed by atoms with Gasteiger partial charge in [-0.15, -0.1) is 0 Å². The van der Waals surface area contributed by atoms with E-state index in [0.717, 1.165) is 6.42 Å². The number of rotatable bonds is 3. The van der Waals surface area contributed by atoms with Gasteiger partial charge in [-0.3, -0.25) is 4.79 Å².